The predicted molar refractivity (Wildman–Crippen MR) is 26.2 cm³/mol. The number of hydrogen-bond acceptors (Lipinski definition) is 1. The van der Waals surface area contributed by atoms with Crippen molar-refractivity contribution in [2.45, 2.75) is 6.42 Å². The van der Waals surface area contributed by atoms with Crippen LogP contribution in [-0.4, -0.2) is 19.4 Å². The molecule has 0 aromatic rings. The van der Waals surface area contributed by atoms with Crippen LogP contribution in [0.3, 0.4) is 0 Å². The molecule has 6 heavy (non-hydrogen) atoms. The lowest BCUT2D eigenvalue weighted by Gasteiger charge is -2.12. The van der Waals surface area contributed by atoms with E-state index < -0.39 is 0 Å². The Morgan fingerprint density at radius 1 is 1.67 bits per heavy atom. The summed E-state index contributed by atoms with van der Waals surface area (Å²) in [5, 5.41) is 3.89. The SMILES string of the molecule is C1=NCCC[N-]1. The molecule has 2 heteroatoms. The second-order valence-corrected chi connectivity index (χ2v) is 1.28. The molecular formula is C4H7N2-. The first-order chi connectivity index (χ1) is 3.00. The highest BCUT2D eigenvalue weighted by Crippen LogP contribution is 1.92. The van der Waals surface area contributed by atoms with Crippen LogP contribution in [0.4, 0.5) is 0 Å². The van der Waals surface area contributed by atoms with Crippen LogP contribution in [0.2, 0.25) is 0 Å². The van der Waals surface area contributed by atoms with Crippen LogP contribution >= 0.6 is 0 Å². The van der Waals surface area contributed by atoms with Crippen molar-refractivity contribution in [2.24, 2.45) is 4.99 Å². The monoisotopic (exact) mass is 83.1 g/mol. The molecule has 2 nitrogen and oxygen atoms in total. The number of aliphatic imine (C=N–C) groups is 1. The van der Waals surface area contributed by atoms with E-state index in [1.807, 2.05) is 0 Å². The Bertz CT molecular complexity index is 50.6. The molecule has 0 saturated carbocycles. The average molecular weight is 83.1 g/mol. The van der Waals surface area contributed by atoms with E-state index in [0.29, 0.717) is 0 Å². The third-order valence-corrected chi connectivity index (χ3v) is 0.738. The fourth-order valence-corrected chi connectivity index (χ4v) is 0.426. The second-order valence-electron chi connectivity index (χ2n) is 1.28. The van der Waals surface area contributed by atoms with E-state index >= 15 is 0 Å². The summed E-state index contributed by atoms with van der Waals surface area (Å²) in [6, 6.07) is 0. The summed E-state index contributed by atoms with van der Waals surface area (Å²) in [7, 11) is 0. The van der Waals surface area contributed by atoms with E-state index in [9.17, 15) is 0 Å². The maximum Gasteiger partial charge on any atom is -0.0514 e. The molecule has 0 unspecified atom stereocenters. The van der Waals surface area contributed by atoms with Crippen molar-refractivity contribution in [3.05, 3.63) is 5.32 Å². The highest BCUT2D eigenvalue weighted by Gasteiger charge is 1.76. The van der Waals surface area contributed by atoms with Gasteiger partial charge in [0.2, 0.25) is 0 Å². The minimum Gasteiger partial charge on any atom is -0.472 e. The summed E-state index contributed by atoms with van der Waals surface area (Å²) >= 11 is 0. The quantitative estimate of drug-likeness (QED) is 0.414. The highest BCUT2D eigenvalue weighted by molar-refractivity contribution is 5.70. The average Bonchev–Trinajstić information content (AvgIpc) is 1.72. The zero-order valence-electron chi connectivity index (χ0n) is 3.59. The van der Waals surface area contributed by atoms with Gasteiger partial charge in [0.25, 0.3) is 0 Å². The lowest BCUT2D eigenvalue weighted by atomic mass is 10.4. The largest absolute Gasteiger partial charge is 0.472 e. The van der Waals surface area contributed by atoms with Gasteiger partial charge >= 0.3 is 0 Å². The van der Waals surface area contributed by atoms with Crippen LogP contribution in [-0.2, 0) is 0 Å². The van der Waals surface area contributed by atoms with Gasteiger partial charge in [-0.2, -0.15) is 0 Å². The van der Waals surface area contributed by atoms with Crippen molar-refractivity contribution in [2.75, 3.05) is 13.1 Å². The molecule has 0 fully saturated rings. The van der Waals surface area contributed by atoms with Crippen molar-refractivity contribution < 1.29 is 0 Å². The van der Waals surface area contributed by atoms with Crippen LogP contribution < -0.4 is 0 Å². The number of rotatable bonds is 0. The first-order valence-electron chi connectivity index (χ1n) is 2.15. The molecule has 0 bridgehead atoms. The molecule has 0 aromatic heterocycles. The maximum atomic E-state index is 3.89. The van der Waals surface area contributed by atoms with Gasteiger partial charge in [-0.15, -0.1) is 6.34 Å². The standard InChI is InChI=1S/C4H7N2/c1-2-5-4-6-3-1/h4H,1-3H2/q-1. The molecule has 0 spiro atoms. The van der Waals surface area contributed by atoms with Gasteiger partial charge in [-0.25, -0.2) is 0 Å². The zero-order chi connectivity index (χ0) is 4.24. The lowest BCUT2D eigenvalue weighted by Crippen LogP contribution is -1.94. The number of hydrogen-bond donors (Lipinski definition) is 0. The van der Waals surface area contributed by atoms with E-state index in [1.165, 1.54) is 0 Å². The van der Waals surface area contributed by atoms with E-state index in [1.54, 1.807) is 6.34 Å². The van der Waals surface area contributed by atoms with Gasteiger partial charge in [0.15, 0.2) is 0 Å². The molecule has 0 N–H and O–H groups in total. The van der Waals surface area contributed by atoms with Crippen molar-refractivity contribution >= 4 is 6.34 Å². The van der Waals surface area contributed by atoms with Gasteiger partial charge in [0.1, 0.15) is 0 Å². The van der Waals surface area contributed by atoms with Crippen LogP contribution in [0, 0.1) is 0 Å². The summed E-state index contributed by atoms with van der Waals surface area (Å²) in [6.45, 7) is 1.95. The third kappa shape index (κ3) is 0.708. The van der Waals surface area contributed by atoms with E-state index in [0.717, 1.165) is 19.5 Å². The van der Waals surface area contributed by atoms with Crippen molar-refractivity contribution in [3.8, 4) is 0 Å². The Morgan fingerprint density at radius 3 is 2.83 bits per heavy atom. The van der Waals surface area contributed by atoms with Gasteiger partial charge in [-0.1, -0.05) is 19.5 Å². The Kier molecular flexibility index (Phi) is 1.10. The highest BCUT2D eigenvalue weighted by atomic mass is 15.0. The van der Waals surface area contributed by atoms with Crippen LogP contribution in [0.5, 0.6) is 0 Å². The summed E-state index contributed by atoms with van der Waals surface area (Å²) in [5.74, 6) is 0. The van der Waals surface area contributed by atoms with Crippen molar-refractivity contribution in [3.63, 3.8) is 0 Å². The normalized spacial score (nSPS) is 20.0. The van der Waals surface area contributed by atoms with Gasteiger partial charge in [-0.3, -0.25) is 0 Å². The smallest absolute Gasteiger partial charge is 0.0514 e. The van der Waals surface area contributed by atoms with Crippen LogP contribution in [0.25, 0.3) is 5.32 Å². The molecule has 0 aromatic carbocycles. The Balaban J connectivity index is 2.26. The minimum absolute atomic E-state index is 0.976. The Hall–Kier alpha value is -0.530. The van der Waals surface area contributed by atoms with E-state index in [2.05, 4.69) is 10.3 Å². The maximum absolute atomic E-state index is 3.89. The molecule has 34 valence electrons. The summed E-state index contributed by atoms with van der Waals surface area (Å²) in [4.78, 5) is 3.89. The molecule has 0 radical (unpaired) electrons. The van der Waals surface area contributed by atoms with Gasteiger partial charge in [-0.05, 0) is 0 Å². The first kappa shape index (κ1) is 3.65. The first-order valence-corrected chi connectivity index (χ1v) is 2.15. The third-order valence-electron chi connectivity index (χ3n) is 0.738. The molecule has 1 heterocycles. The molecule has 0 saturated heterocycles. The summed E-state index contributed by atoms with van der Waals surface area (Å²) in [6.07, 6.45) is 2.78. The molecule has 0 aliphatic carbocycles. The van der Waals surface area contributed by atoms with Gasteiger partial charge in [0, 0.05) is 0 Å². The molecule has 1 aliphatic rings. The lowest BCUT2D eigenvalue weighted by molar-refractivity contribution is 0.879. The Morgan fingerprint density at radius 2 is 2.67 bits per heavy atom. The van der Waals surface area contributed by atoms with Gasteiger partial charge in [0.05, 0.1) is 0 Å². The van der Waals surface area contributed by atoms with Gasteiger partial charge < -0.3 is 10.3 Å². The van der Waals surface area contributed by atoms with Crippen molar-refractivity contribution in [1.82, 2.24) is 0 Å². The molecule has 1 aliphatic heterocycles. The fourth-order valence-electron chi connectivity index (χ4n) is 0.426. The minimum atomic E-state index is 0.976. The zero-order valence-corrected chi connectivity index (χ0v) is 3.59. The number of nitrogens with zero attached hydrogens (tertiary/aromatic N) is 2. The van der Waals surface area contributed by atoms with Crippen molar-refractivity contribution in [1.29, 1.82) is 0 Å². The topological polar surface area (TPSA) is 26.5 Å². The predicted octanol–water partition coefficient (Wildman–Crippen LogP) is 0.792. The fraction of sp³-hybridized carbons (Fsp3) is 0.750. The Labute approximate surface area is 37.3 Å². The van der Waals surface area contributed by atoms with E-state index in [4.69, 9.17) is 0 Å². The second kappa shape index (κ2) is 1.80. The molecular weight excluding hydrogens is 76.1 g/mol. The molecule has 1 rings (SSSR count). The summed E-state index contributed by atoms with van der Waals surface area (Å²) in [5.41, 5.74) is 0. The summed E-state index contributed by atoms with van der Waals surface area (Å²) < 4.78 is 0. The van der Waals surface area contributed by atoms with Crippen LogP contribution in [0.1, 0.15) is 6.42 Å². The molecule has 0 atom stereocenters. The van der Waals surface area contributed by atoms with E-state index in [-0.39, 0.29) is 0 Å². The van der Waals surface area contributed by atoms with Crippen LogP contribution in [0.15, 0.2) is 4.99 Å². The molecule has 0 amide bonds.